The van der Waals surface area contributed by atoms with E-state index in [2.05, 4.69) is 47.0 Å². The molecule has 0 radical (unpaired) electrons. The van der Waals surface area contributed by atoms with Crippen LogP contribution in [0.15, 0.2) is 73.6 Å². The Morgan fingerprint density at radius 3 is 2.24 bits per heavy atom. The van der Waals surface area contributed by atoms with E-state index >= 15 is 0 Å². The Morgan fingerprint density at radius 1 is 0.920 bits per heavy atom. The van der Waals surface area contributed by atoms with Gasteiger partial charge in [0.15, 0.2) is 0 Å². The first-order chi connectivity index (χ1) is 12.1. The number of nitrogens with zero attached hydrogens (tertiary/aromatic N) is 2. The molecule has 0 atom stereocenters. The summed E-state index contributed by atoms with van der Waals surface area (Å²) in [6, 6.07) is 18.3. The Morgan fingerprint density at radius 2 is 1.68 bits per heavy atom. The molecule has 0 bridgehead atoms. The van der Waals surface area contributed by atoms with Crippen LogP contribution in [0.2, 0.25) is 0 Å². The first-order valence-electron chi connectivity index (χ1n) is 8.34. The summed E-state index contributed by atoms with van der Waals surface area (Å²) < 4.78 is 0. The summed E-state index contributed by atoms with van der Waals surface area (Å²) >= 11 is 0. The van der Waals surface area contributed by atoms with Gasteiger partial charge in [0.25, 0.3) is 0 Å². The van der Waals surface area contributed by atoms with E-state index in [0.29, 0.717) is 0 Å². The fourth-order valence-corrected chi connectivity index (χ4v) is 2.11. The van der Waals surface area contributed by atoms with Crippen molar-refractivity contribution in [3.63, 3.8) is 0 Å². The molecular weight excluding hydrogens is 306 g/mol. The smallest absolute Gasteiger partial charge is 0.0855 e. The highest BCUT2D eigenvalue weighted by molar-refractivity contribution is 5.58. The summed E-state index contributed by atoms with van der Waals surface area (Å²) in [6.45, 7) is 10.9. The maximum absolute atomic E-state index is 4.33. The molecule has 3 aromatic rings. The van der Waals surface area contributed by atoms with Gasteiger partial charge in [-0.25, -0.2) is 0 Å². The summed E-state index contributed by atoms with van der Waals surface area (Å²) in [5, 5.41) is 3.28. The summed E-state index contributed by atoms with van der Waals surface area (Å²) in [6.07, 6.45) is 3.66. The minimum absolute atomic E-state index is 0.773. The molecule has 3 heteroatoms. The Labute approximate surface area is 150 Å². The van der Waals surface area contributed by atoms with Crippen LogP contribution in [0, 0.1) is 20.8 Å². The van der Waals surface area contributed by atoms with Crippen LogP contribution >= 0.6 is 0 Å². The van der Waals surface area contributed by atoms with Gasteiger partial charge in [-0.15, -0.1) is 0 Å². The van der Waals surface area contributed by atoms with Crippen molar-refractivity contribution < 1.29 is 0 Å². The lowest BCUT2D eigenvalue weighted by molar-refractivity contribution is 0.885. The van der Waals surface area contributed by atoms with Gasteiger partial charge in [0.05, 0.1) is 11.4 Å². The molecule has 0 spiro atoms. The van der Waals surface area contributed by atoms with E-state index in [9.17, 15) is 0 Å². The molecule has 128 valence electrons. The van der Waals surface area contributed by atoms with Gasteiger partial charge >= 0.3 is 0 Å². The van der Waals surface area contributed by atoms with Crippen molar-refractivity contribution >= 4 is 5.70 Å². The number of pyridine rings is 2. The van der Waals surface area contributed by atoms with Crippen molar-refractivity contribution in [3.05, 3.63) is 102 Å². The average molecular weight is 331 g/mol. The highest BCUT2D eigenvalue weighted by atomic mass is 14.9. The topological polar surface area (TPSA) is 37.8 Å². The molecule has 0 saturated heterocycles. The van der Waals surface area contributed by atoms with Gasteiger partial charge in [-0.05, 0) is 49.6 Å². The minimum Gasteiger partial charge on any atom is -0.380 e. The lowest BCUT2D eigenvalue weighted by Gasteiger charge is -2.09. The van der Waals surface area contributed by atoms with Crippen LogP contribution in [-0.4, -0.2) is 9.97 Å². The molecule has 0 amide bonds. The monoisotopic (exact) mass is 331 g/mol. The second-order valence-electron chi connectivity index (χ2n) is 5.94. The number of hydrogen-bond acceptors (Lipinski definition) is 3. The fourth-order valence-electron chi connectivity index (χ4n) is 2.11. The van der Waals surface area contributed by atoms with Crippen molar-refractivity contribution in [2.75, 3.05) is 0 Å². The fraction of sp³-hybridized carbons (Fsp3) is 0.182. The highest BCUT2D eigenvalue weighted by Gasteiger charge is 1.99. The van der Waals surface area contributed by atoms with Gasteiger partial charge in [0.1, 0.15) is 0 Å². The standard InChI is InChI=1S/C15H16N2.C7H9N/c1-12-8-9-15(17-10-12)13(2)16-11-14-6-4-3-5-7-14;1-6-4-3-5-8-7(6)2/h3-10,16H,2,11H2,1H3;3-5H,1-2H3. The molecule has 2 aromatic heterocycles. The molecule has 0 aliphatic carbocycles. The Bertz CT molecular complexity index is 772. The highest BCUT2D eigenvalue weighted by Crippen LogP contribution is 2.08. The van der Waals surface area contributed by atoms with Gasteiger partial charge in [0.2, 0.25) is 0 Å². The lowest BCUT2D eigenvalue weighted by atomic mass is 10.2. The minimum atomic E-state index is 0.773. The number of nitrogens with one attached hydrogen (secondary N) is 1. The molecule has 0 unspecified atom stereocenters. The van der Waals surface area contributed by atoms with Crippen LogP contribution in [0.3, 0.4) is 0 Å². The number of aromatic nitrogens is 2. The van der Waals surface area contributed by atoms with Crippen LogP contribution in [0.5, 0.6) is 0 Å². The Kier molecular flexibility index (Phi) is 6.90. The molecule has 0 aliphatic rings. The first kappa shape index (κ1) is 18.4. The zero-order valence-corrected chi connectivity index (χ0v) is 15.2. The van der Waals surface area contributed by atoms with Crippen molar-refractivity contribution in [3.8, 4) is 0 Å². The quantitative estimate of drug-likeness (QED) is 0.742. The molecule has 25 heavy (non-hydrogen) atoms. The maximum atomic E-state index is 4.33. The number of aryl methyl sites for hydroxylation is 3. The molecule has 0 fully saturated rings. The summed E-state index contributed by atoms with van der Waals surface area (Å²) in [5.74, 6) is 0. The predicted molar refractivity (Wildman–Crippen MR) is 105 cm³/mol. The van der Waals surface area contributed by atoms with E-state index in [-0.39, 0.29) is 0 Å². The average Bonchev–Trinajstić information content (AvgIpc) is 2.64. The first-order valence-corrected chi connectivity index (χ1v) is 8.34. The molecule has 0 aliphatic heterocycles. The number of benzene rings is 1. The predicted octanol–water partition coefficient (Wildman–Crippen LogP) is 4.85. The number of hydrogen-bond donors (Lipinski definition) is 1. The maximum Gasteiger partial charge on any atom is 0.0855 e. The lowest BCUT2D eigenvalue weighted by Crippen LogP contribution is -2.11. The third kappa shape index (κ3) is 6.22. The van der Waals surface area contributed by atoms with Crippen molar-refractivity contribution in [1.82, 2.24) is 15.3 Å². The van der Waals surface area contributed by atoms with Crippen molar-refractivity contribution in [1.29, 1.82) is 0 Å². The van der Waals surface area contributed by atoms with E-state index in [4.69, 9.17) is 0 Å². The van der Waals surface area contributed by atoms with Gasteiger partial charge in [-0.2, -0.15) is 0 Å². The summed E-state index contributed by atoms with van der Waals surface area (Å²) in [4.78, 5) is 8.41. The summed E-state index contributed by atoms with van der Waals surface area (Å²) in [5.41, 5.74) is 6.52. The van der Waals surface area contributed by atoms with Crippen LogP contribution < -0.4 is 5.32 Å². The van der Waals surface area contributed by atoms with E-state index in [1.807, 2.05) is 62.6 Å². The van der Waals surface area contributed by atoms with Crippen LogP contribution in [-0.2, 0) is 6.54 Å². The molecule has 3 nitrogen and oxygen atoms in total. The SMILES string of the molecule is C=C(NCc1ccccc1)c1ccc(C)cn1.Cc1cccnc1C. The van der Waals surface area contributed by atoms with Gasteiger partial charge in [0, 0.05) is 24.6 Å². The van der Waals surface area contributed by atoms with Crippen molar-refractivity contribution in [2.24, 2.45) is 0 Å². The zero-order valence-electron chi connectivity index (χ0n) is 15.2. The molecular formula is C22H25N3. The van der Waals surface area contributed by atoms with Gasteiger partial charge < -0.3 is 5.32 Å². The van der Waals surface area contributed by atoms with E-state index in [0.717, 1.165) is 29.2 Å². The Balaban J connectivity index is 0.000000236. The van der Waals surface area contributed by atoms with E-state index in [1.54, 1.807) is 0 Å². The van der Waals surface area contributed by atoms with E-state index < -0.39 is 0 Å². The molecule has 3 rings (SSSR count). The molecule has 0 saturated carbocycles. The number of rotatable bonds is 4. The zero-order chi connectivity index (χ0) is 18.1. The van der Waals surface area contributed by atoms with Gasteiger partial charge in [-0.3, -0.25) is 9.97 Å². The third-order valence-electron chi connectivity index (χ3n) is 3.84. The van der Waals surface area contributed by atoms with Crippen LogP contribution in [0.25, 0.3) is 5.70 Å². The largest absolute Gasteiger partial charge is 0.380 e. The third-order valence-corrected chi connectivity index (χ3v) is 3.84. The normalized spacial score (nSPS) is 9.72. The summed E-state index contributed by atoms with van der Waals surface area (Å²) in [7, 11) is 0. The van der Waals surface area contributed by atoms with Crippen molar-refractivity contribution in [2.45, 2.75) is 27.3 Å². The second-order valence-corrected chi connectivity index (χ2v) is 5.94. The Hall–Kier alpha value is -2.94. The molecule has 1 N–H and O–H groups in total. The van der Waals surface area contributed by atoms with E-state index in [1.165, 1.54) is 11.1 Å². The van der Waals surface area contributed by atoms with Crippen LogP contribution in [0.4, 0.5) is 0 Å². The molecule has 1 aromatic carbocycles. The van der Waals surface area contributed by atoms with Crippen LogP contribution in [0.1, 0.15) is 28.1 Å². The second kappa shape index (κ2) is 9.38. The molecule has 2 heterocycles. The van der Waals surface area contributed by atoms with Gasteiger partial charge in [-0.1, -0.05) is 49.0 Å².